The standard InChI is InChI=1S/C34H39ClFN5O5/c1-33(2,3)45-26(43)11-12-37-31-38-29-24(30(39-31)40-13-15-41(16-14-40)32(44)46-34(4,5)6)19-25(35)27(28(29)36)23-18-21(42)17-20-9-7-8-10-22(20)23/h7-10,17-19,42H,11-16H2,1-6H3,(H,37,38,39). The van der Waals surface area contributed by atoms with Gasteiger partial charge in [0.05, 0.1) is 11.4 Å². The normalized spacial score (nSPS) is 14.1. The Morgan fingerprint density at radius 1 is 0.957 bits per heavy atom. The minimum Gasteiger partial charge on any atom is -0.508 e. The summed E-state index contributed by atoms with van der Waals surface area (Å²) in [4.78, 5) is 37.9. The average Bonchev–Trinajstić information content (AvgIpc) is 2.95. The molecule has 0 radical (unpaired) electrons. The van der Waals surface area contributed by atoms with E-state index >= 15 is 4.39 Å². The first-order valence-electron chi connectivity index (χ1n) is 15.2. The number of amides is 1. The van der Waals surface area contributed by atoms with Gasteiger partial charge in [-0.15, -0.1) is 0 Å². The molecule has 1 fully saturated rings. The number of fused-ring (bicyclic) bond motifs is 2. The van der Waals surface area contributed by atoms with Crippen LogP contribution in [0.2, 0.25) is 5.02 Å². The van der Waals surface area contributed by atoms with E-state index in [4.69, 9.17) is 26.1 Å². The summed E-state index contributed by atoms with van der Waals surface area (Å²) in [5.41, 5.74) is -0.707. The molecule has 10 nitrogen and oxygen atoms in total. The van der Waals surface area contributed by atoms with E-state index in [1.807, 2.05) is 49.9 Å². The van der Waals surface area contributed by atoms with Crippen LogP contribution in [0.15, 0.2) is 42.5 Å². The molecule has 2 N–H and O–H groups in total. The predicted octanol–water partition coefficient (Wildman–Crippen LogP) is 7.15. The molecule has 0 atom stereocenters. The first-order valence-corrected chi connectivity index (χ1v) is 15.6. The quantitative estimate of drug-likeness (QED) is 0.210. The molecule has 12 heteroatoms. The zero-order valence-electron chi connectivity index (χ0n) is 26.9. The number of piperazine rings is 1. The second kappa shape index (κ2) is 12.8. The van der Waals surface area contributed by atoms with E-state index in [2.05, 4.69) is 10.3 Å². The summed E-state index contributed by atoms with van der Waals surface area (Å²) in [5, 5.41) is 15.5. The SMILES string of the molecule is CC(C)(C)OC(=O)CCNc1nc(N2CCN(C(=O)OC(C)(C)C)CC2)c2cc(Cl)c(-c3cc(O)cc4ccccc34)c(F)c2n1. The van der Waals surface area contributed by atoms with Crippen molar-refractivity contribution in [2.75, 3.05) is 42.9 Å². The van der Waals surface area contributed by atoms with Gasteiger partial charge < -0.3 is 29.7 Å². The molecule has 0 aliphatic carbocycles. The number of hydrogen-bond donors (Lipinski definition) is 2. The van der Waals surface area contributed by atoms with Crippen molar-refractivity contribution in [1.29, 1.82) is 0 Å². The van der Waals surface area contributed by atoms with Crippen LogP contribution in [-0.4, -0.2) is 76.0 Å². The molecular formula is C34H39ClFN5O5. The van der Waals surface area contributed by atoms with Gasteiger partial charge in [-0.2, -0.15) is 4.98 Å². The fraction of sp³-hybridized carbons (Fsp3) is 0.412. The zero-order chi connectivity index (χ0) is 33.4. The Kier molecular flexibility index (Phi) is 9.17. The van der Waals surface area contributed by atoms with E-state index in [-0.39, 0.29) is 40.8 Å². The lowest BCUT2D eigenvalue weighted by atomic mass is 9.96. The number of carbonyl (C=O) groups is 2. The van der Waals surface area contributed by atoms with Gasteiger partial charge in [-0.05, 0) is 76.1 Å². The second-order valence-corrected chi connectivity index (χ2v) is 13.7. The first-order chi connectivity index (χ1) is 21.6. The van der Waals surface area contributed by atoms with Gasteiger partial charge in [0.25, 0.3) is 0 Å². The van der Waals surface area contributed by atoms with Crippen LogP contribution in [-0.2, 0) is 14.3 Å². The highest BCUT2D eigenvalue weighted by atomic mass is 35.5. The highest BCUT2D eigenvalue weighted by molar-refractivity contribution is 6.35. The molecule has 0 unspecified atom stereocenters. The molecule has 1 aliphatic heterocycles. The Morgan fingerprint density at radius 3 is 2.30 bits per heavy atom. The maximum atomic E-state index is 16.7. The van der Waals surface area contributed by atoms with E-state index in [0.29, 0.717) is 48.3 Å². The van der Waals surface area contributed by atoms with Crippen molar-refractivity contribution in [3.63, 3.8) is 0 Å². The van der Waals surface area contributed by atoms with Crippen molar-refractivity contribution >= 4 is 57.1 Å². The number of esters is 1. The number of aromatic hydroxyl groups is 1. The van der Waals surface area contributed by atoms with Gasteiger partial charge in [0, 0.05) is 43.7 Å². The van der Waals surface area contributed by atoms with Crippen molar-refractivity contribution in [3.8, 4) is 16.9 Å². The van der Waals surface area contributed by atoms with Gasteiger partial charge in [0.1, 0.15) is 28.3 Å². The van der Waals surface area contributed by atoms with Crippen molar-refractivity contribution in [3.05, 3.63) is 53.3 Å². The van der Waals surface area contributed by atoms with Crippen molar-refractivity contribution in [2.45, 2.75) is 59.2 Å². The summed E-state index contributed by atoms with van der Waals surface area (Å²) >= 11 is 6.81. The largest absolute Gasteiger partial charge is 0.508 e. The van der Waals surface area contributed by atoms with Gasteiger partial charge >= 0.3 is 12.1 Å². The summed E-state index contributed by atoms with van der Waals surface area (Å²) in [7, 11) is 0. The second-order valence-electron chi connectivity index (χ2n) is 13.2. The lowest BCUT2D eigenvalue weighted by Gasteiger charge is -2.36. The number of anilines is 2. The summed E-state index contributed by atoms with van der Waals surface area (Å²) < 4.78 is 27.7. The lowest BCUT2D eigenvalue weighted by Crippen LogP contribution is -2.50. The highest BCUT2D eigenvalue weighted by Gasteiger charge is 2.29. The Hall–Kier alpha value is -4.38. The van der Waals surface area contributed by atoms with Crippen LogP contribution in [0, 0.1) is 5.82 Å². The summed E-state index contributed by atoms with van der Waals surface area (Å²) in [6.45, 7) is 12.5. The van der Waals surface area contributed by atoms with Crippen LogP contribution in [0.25, 0.3) is 32.8 Å². The molecular weight excluding hydrogens is 613 g/mol. The number of aromatic nitrogens is 2. The van der Waals surface area contributed by atoms with E-state index in [1.165, 1.54) is 6.07 Å². The Labute approximate surface area is 272 Å². The molecule has 0 bridgehead atoms. The Morgan fingerprint density at radius 2 is 1.63 bits per heavy atom. The van der Waals surface area contributed by atoms with Gasteiger partial charge in [-0.1, -0.05) is 35.9 Å². The molecule has 1 aliphatic rings. The predicted molar refractivity (Wildman–Crippen MR) is 178 cm³/mol. The van der Waals surface area contributed by atoms with E-state index < -0.39 is 29.1 Å². The molecule has 3 aromatic carbocycles. The molecule has 2 heterocycles. The fourth-order valence-corrected chi connectivity index (χ4v) is 5.64. The zero-order valence-corrected chi connectivity index (χ0v) is 27.7. The van der Waals surface area contributed by atoms with Gasteiger partial charge in [0.15, 0.2) is 5.82 Å². The third-order valence-corrected chi connectivity index (χ3v) is 7.54. The minimum atomic E-state index is -0.676. The van der Waals surface area contributed by atoms with Crippen LogP contribution in [0.3, 0.4) is 0 Å². The van der Waals surface area contributed by atoms with Crippen molar-refractivity contribution < 1.29 is 28.6 Å². The number of phenolic OH excluding ortho intramolecular Hbond substituents is 1. The van der Waals surface area contributed by atoms with Crippen molar-refractivity contribution in [2.24, 2.45) is 0 Å². The summed E-state index contributed by atoms with van der Waals surface area (Å²) in [6, 6.07) is 12.1. The number of nitrogens with zero attached hydrogens (tertiary/aromatic N) is 4. The summed E-state index contributed by atoms with van der Waals surface area (Å²) in [5.74, 6) is -0.546. The van der Waals surface area contributed by atoms with E-state index in [9.17, 15) is 14.7 Å². The maximum absolute atomic E-state index is 16.7. The van der Waals surface area contributed by atoms with E-state index in [0.717, 1.165) is 5.39 Å². The summed E-state index contributed by atoms with van der Waals surface area (Å²) in [6.07, 6.45) is -0.354. The Balaban J connectivity index is 1.54. The smallest absolute Gasteiger partial charge is 0.410 e. The molecule has 4 aromatic rings. The number of nitrogens with one attached hydrogen (secondary N) is 1. The average molecular weight is 652 g/mol. The molecule has 0 spiro atoms. The minimum absolute atomic E-state index is 0.0196. The maximum Gasteiger partial charge on any atom is 0.410 e. The monoisotopic (exact) mass is 651 g/mol. The molecule has 1 aromatic heterocycles. The fourth-order valence-electron chi connectivity index (χ4n) is 5.34. The number of ether oxygens (including phenoxy) is 2. The molecule has 5 rings (SSSR count). The molecule has 0 saturated carbocycles. The van der Waals surface area contributed by atoms with Crippen molar-refractivity contribution in [1.82, 2.24) is 14.9 Å². The van der Waals surface area contributed by atoms with Gasteiger partial charge in [0.2, 0.25) is 5.95 Å². The molecule has 1 saturated heterocycles. The number of carbonyl (C=O) groups excluding carboxylic acids is 2. The van der Waals surface area contributed by atoms with Crippen LogP contribution in [0.1, 0.15) is 48.0 Å². The molecule has 1 amide bonds. The number of phenols is 1. The third-order valence-electron chi connectivity index (χ3n) is 7.24. The van der Waals surface area contributed by atoms with E-state index in [1.54, 1.807) is 37.8 Å². The first kappa shape index (κ1) is 33.0. The van der Waals surface area contributed by atoms with Gasteiger partial charge in [-0.25, -0.2) is 14.2 Å². The molecule has 46 heavy (non-hydrogen) atoms. The number of benzene rings is 3. The van der Waals surface area contributed by atoms with Crippen LogP contribution in [0.4, 0.5) is 21.0 Å². The highest BCUT2D eigenvalue weighted by Crippen LogP contribution is 2.42. The van der Waals surface area contributed by atoms with Crippen LogP contribution in [0.5, 0.6) is 5.75 Å². The van der Waals surface area contributed by atoms with Crippen LogP contribution >= 0.6 is 11.6 Å². The number of hydrogen-bond acceptors (Lipinski definition) is 9. The number of halogens is 2. The van der Waals surface area contributed by atoms with Crippen LogP contribution < -0.4 is 10.2 Å². The van der Waals surface area contributed by atoms with Gasteiger partial charge in [-0.3, -0.25) is 4.79 Å². The topological polar surface area (TPSA) is 117 Å². The lowest BCUT2D eigenvalue weighted by molar-refractivity contribution is -0.154. The Bertz CT molecular complexity index is 1800. The number of rotatable bonds is 6. The third kappa shape index (κ3) is 7.52. The molecule has 244 valence electrons.